The molecule has 0 fully saturated rings. The highest BCUT2D eigenvalue weighted by Gasteiger charge is 2.15. The van der Waals surface area contributed by atoms with E-state index in [9.17, 15) is 9.59 Å². The third kappa shape index (κ3) is 8.03. The summed E-state index contributed by atoms with van der Waals surface area (Å²) in [5.41, 5.74) is 7.21. The lowest BCUT2D eigenvalue weighted by Gasteiger charge is -2.12. The quantitative estimate of drug-likeness (QED) is 0.183. The number of benzene rings is 4. The van der Waals surface area contributed by atoms with Crippen LogP contribution in [0, 0.1) is 13.8 Å². The van der Waals surface area contributed by atoms with Crippen molar-refractivity contribution in [1.82, 2.24) is 0 Å². The lowest BCUT2D eigenvalue weighted by atomic mass is 10.0. The van der Waals surface area contributed by atoms with Crippen molar-refractivity contribution >= 4 is 80.7 Å². The van der Waals surface area contributed by atoms with Crippen LogP contribution in [-0.2, 0) is 0 Å². The average molecular weight is 690 g/mol. The molecule has 0 aliphatic carbocycles. The van der Waals surface area contributed by atoms with Crippen LogP contribution in [0.4, 0.5) is 11.4 Å². The van der Waals surface area contributed by atoms with Crippen molar-refractivity contribution in [2.45, 2.75) is 13.8 Å². The number of nitrogens with one attached hydrogen (secondary N) is 2. The summed E-state index contributed by atoms with van der Waals surface area (Å²) in [5, 5.41) is 11.5. The Balaban J connectivity index is 0.000000178. The highest BCUT2D eigenvalue weighted by atomic mass is 35.5. The van der Waals surface area contributed by atoms with Crippen molar-refractivity contribution in [2.24, 2.45) is 0 Å². The molecule has 4 aromatic carbocycles. The predicted molar refractivity (Wildman–Crippen MR) is 193 cm³/mol. The van der Waals surface area contributed by atoms with Gasteiger partial charge >= 0.3 is 0 Å². The lowest BCUT2D eigenvalue weighted by molar-refractivity contribution is 0.102. The molecule has 0 radical (unpaired) electrons. The first-order chi connectivity index (χ1) is 21.7. The topological polar surface area (TPSA) is 58.2 Å². The number of thiophene rings is 2. The summed E-state index contributed by atoms with van der Waals surface area (Å²) >= 11 is 21.0. The van der Waals surface area contributed by atoms with Crippen LogP contribution in [0.1, 0.15) is 30.5 Å². The summed E-state index contributed by atoms with van der Waals surface area (Å²) < 4.78 is 0. The van der Waals surface area contributed by atoms with Gasteiger partial charge in [0.1, 0.15) is 0 Å². The second-order valence-electron chi connectivity index (χ2n) is 10.0. The normalized spacial score (nSPS) is 10.5. The molecule has 0 saturated heterocycles. The van der Waals surface area contributed by atoms with E-state index in [1.54, 1.807) is 12.1 Å². The highest BCUT2D eigenvalue weighted by Crippen LogP contribution is 2.34. The van der Waals surface area contributed by atoms with Crippen LogP contribution in [0.25, 0.3) is 22.3 Å². The standard InChI is InChI=1S/C18H13Cl2NOS.C18H14ClNOS/c1-11-8-9-23-17(11)18(22)21-16-5-3-2-4-13(16)12-6-7-14(19)15(20)10-12;1-12-9-10-22-17(12)18(21)20-16-8-3-2-7-15(16)13-5-4-6-14(19)11-13/h2-10H,1H3,(H,21,22);2-11H,1H3,(H,20,21). The Kier molecular flexibility index (Phi) is 10.8. The van der Waals surface area contributed by atoms with Crippen LogP contribution in [0.5, 0.6) is 0 Å². The third-order valence-corrected chi connectivity index (χ3v) is 9.86. The summed E-state index contributed by atoms with van der Waals surface area (Å²) in [6, 6.07) is 32.3. The van der Waals surface area contributed by atoms with Gasteiger partial charge in [-0.3, -0.25) is 9.59 Å². The van der Waals surface area contributed by atoms with E-state index in [0.717, 1.165) is 49.6 Å². The van der Waals surface area contributed by atoms with Crippen molar-refractivity contribution in [2.75, 3.05) is 10.6 Å². The highest BCUT2D eigenvalue weighted by molar-refractivity contribution is 7.12. The SMILES string of the molecule is Cc1ccsc1C(=O)Nc1ccccc1-c1ccc(Cl)c(Cl)c1.Cc1ccsc1C(=O)Nc1ccccc1-c1cccc(Cl)c1. The fraction of sp³-hybridized carbons (Fsp3) is 0.0556. The number of carbonyl (C=O) groups excluding carboxylic acids is 2. The van der Waals surface area contributed by atoms with Crippen LogP contribution in [0.2, 0.25) is 15.1 Å². The number of hydrogen-bond acceptors (Lipinski definition) is 4. The lowest BCUT2D eigenvalue weighted by Crippen LogP contribution is -2.12. The summed E-state index contributed by atoms with van der Waals surface area (Å²) in [4.78, 5) is 26.3. The fourth-order valence-corrected chi connectivity index (χ4v) is 6.71. The van der Waals surface area contributed by atoms with Gasteiger partial charge < -0.3 is 10.6 Å². The van der Waals surface area contributed by atoms with E-state index in [4.69, 9.17) is 34.8 Å². The van der Waals surface area contributed by atoms with Crippen LogP contribution < -0.4 is 10.6 Å². The van der Waals surface area contributed by atoms with Crippen LogP contribution in [-0.4, -0.2) is 11.8 Å². The van der Waals surface area contributed by atoms with Gasteiger partial charge in [-0.1, -0.05) is 89.4 Å². The Morgan fingerprint density at radius 3 is 1.53 bits per heavy atom. The molecule has 2 N–H and O–H groups in total. The van der Waals surface area contributed by atoms with Crippen LogP contribution in [0.3, 0.4) is 0 Å². The number of carbonyl (C=O) groups is 2. The van der Waals surface area contributed by atoms with E-state index in [-0.39, 0.29) is 11.8 Å². The zero-order valence-corrected chi connectivity index (χ0v) is 28.1. The molecular weight excluding hydrogens is 663 g/mol. The molecule has 45 heavy (non-hydrogen) atoms. The first kappa shape index (κ1) is 32.5. The minimum absolute atomic E-state index is 0.0815. The van der Waals surface area contributed by atoms with Gasteiger partial charge in [0.25, 0.3) is 11.8 Å². The van der Waals surface area contributed by atoms with Gasteiger partial charge in [-0.05, 0) is 95.4 Å². The Labute approximate surface area is 285 Å². The van der Waals surface area contributed by atoms with Crippen molar-refractivity contribution in [3.05, 3.63) is 150 Å². The number of amides is 2. The molecule has 9 heteroatoms. The first-order valence-corrected chi connectivity index (χ1v) is 16.7. The summed E-state index contributed by atoms with van der Waals surface area (Å²) in [5.74, 6) is -0.188. The molecule has 0 saturated carbocycles. The molecule has 2 amide bonds. The monoisotopic (exact) mass is 688 g/mol. The van der Waals surface area contributed by atoms with E-state index in [1.165, 1.54) is 22.7 Å². The molecule has 0 aliphatic heterocycles. The van der Waals surface area contributed by atoms with E-state index < -0.39 is 0 Å². The maximum atomic E-state index is 12.5. The summed E-state index contributed by atoms with van der Waals surface area (Å²) in [6.07, 6.45) is 0. The van der Waals surface area contributed by atoms with Gasteiger partial charge in [-0.2, -0.15) is 0 Å². The van der Waals surface area contributed by atoms with Gasteiger partial charge in [-0.25, -0.2) is 0 Å². The summed E-state index contributed by atoms with van der Waals surface area (Å²) in [7, 11) is 0. The van der Waals surface area contributed by atoms with Crippen molar-refractivity contribution < 1.29 is 9.59 Å². The number of rotatable bonds is 6. The van der Waals surface area contributed by atoms with Crippen LogP contribution in [0.15, 0.2) is 114 Å². The van der Waals surface area contributed by atoms with Gasteiger partial charge in [0.05, 0.1) is 19.8 Å². The zero-order chi connectivity index (χ0) is 31.9. The maximum absolute atomic E-state index is 12.5. The minimum Gasteiger partial charge on any atom is -0.321 e. The smallest absolute Gasteiger partial charge is 0.266 e. The van der Waals surface area contributed by atoms with E-state index in [0.29, 0.717) is 19.9 Å². The Bertz CT molecular complexity index is 1980. The van der Waals surface area contributed by atoms with Gasteiger partial charge in [-0.15, -0.1) is 22.7 Å². The van der Waals surface area contributed by atoms with Crippen molar-refractivity contribution in [3.63, 3.8) is 0 Å². The zero-order valence-electron chi connectivity index (χ0n) is 24.2. The second-order valence-corrected chi connectivity index (χ2v) is 13.1. The molecule has 0 spiro atoms. The molecule has 2 aromatic heterocycles. The van der Waals surface area contributed by atoms with E-state index >= 15 is 0 Å². The number of aryl methyl sites for hydroxylation is 2. The third-order valence-electron chi connectivity index (χ3n) is 6.85. The number of anilines is 2. The number of halogens is 3. The molecule has 4 nitrogen and oxygen atoms in total. The molecule has 226 valence electrons. The molecule has 2 heterocycles. The second kappa shape index (κ2) is 14.9. The Morgan fingerprint density at radius 2 is 1.07 bits per heavy atom. The molecule has 6 rings (SSSR count). The average Bonchev–Trinajstić information content (AvgIpc) is 3.67. The molecule has 0 atom stereocenters. The largest absolute Gasteiger partial charge is 0.321 e. The van der Waals surface area contributed by atoms with Gasteiger partial charge in [0, 0.05) is 27.5 Å². The molecule has 0 bridgehead atoms. The van der Waals surface area contributed by atoms with Gasteiger partial charge in [0.2, 0.25) is 0 Å². The predicted octanol–water partition coefficient (Wildman–Crippen LogP) is 11.9. The maximum Gasteiger partial charge on any atom is 0.266 e. The Hall–Kier alpha value is -3.91. The molecule has 0 aliphatic rings. The molecule has 0 unspecified atom stereocenters. The molecular formula is C36H27Cl3N2O2S2. The number of para-hydroxylation sites is 2. The van der Waals surface area contributed by atoms with Crippen molar-refractivity contribution in [1.29, 1.82) is 0 Å². The van der Waals surface area contributed by atoms with E-state index in [1.807, 2.05) is 116 Å². The van der Waals surface area contributed by atoms with Crippen molar-refractivity contribution in [3.8, 4) is 22.3 Å². The number of hydrogen-bond donors (Lipinski definition) is 2. The first-order valence-electron chi connectivity index (χ1n) is 13.8. The Morgan fingerprint density at radius 1 is 0.556 bits per heavy atom. The summed E-state index contributed by atoms with van der Waals surface area (Å²) in [6.45, 7) is 3.87. The van der Waals surface area contributed by atoms with Crippen LogP contribution >= 0.6 is 57.5 Å². The minimum atomic E-state index is -0.106. The molecule has 6 aromatic rings. The van der Waals surface area contributed by atoms with Gasteiger partial charge in [0.15, 0.2) is 0 Å². The van der Waals surface area contributed by atoms with E-state index in [2.05, 4.69) is 10.6 Å². The fourth-order valence-electron chi connectivity index (χ4n) is 4.58.